The molecular weight excluding hydrogens is 272 g/mol. The van der Waals surface area contributed by atoms with Crippen LogP contribution < -0.4 is 5.32 Å². The number of sulfone groups is 1. The van der Waals surface area contributed by atoms with Crippen LogP contribution in [0.5, 0.6) is 0 Å². The zero-order valence-electron chi connectivity index (χ0n) is 13.9. The molecule has 1 aliphatic heterocycles. The molecule has 1 aliphatic rings. The summed E-state index contributed by atoms with van der Waals surface area (Å²) >= 11 is 0. The Bertz CT molecular complexity index is 402. The Morgan fingerprint density at radius 1 is 1.25 bits per heavy atom. The number of piperazine rings is 1. The van der Waals surface area contributed by atoms with Crippen molar-refractivity contribution >= 4 is 9.84 Å². The summed E-state index contributed by atoms with van der Waals surface area (Å²) < 4.78 is 23.2. The molecule has 0 aromatic carbocycles. The molecule has 0 saturated carbocycles. The van der Waals surface area contributed by atoms with Gasteiger partial charge in [-0.25, -0.2) is 8.42 Å². The zero-order chi connectivity index (χ0) is 15.6. The van der Waals surface area contributed by atoms with Crippen LogP contribution in [-0.4, -0.2) is 56.0 Å². The van der Waals surface area contributed by atoms with Crippen LogP contribution in [0.3, 0.4) is 0 Å². The van der Waals surface area contributed by atoms with E-state index in [0.29, 0.717) is 12.0 Å². The first-order chi connectivity index (χ1) is 9.14. The molecule has 20 heavy (non-hydrogen) atoms. The Morgan fingerprint density at radius 2 is 1.80 bits per heavy atom. The quantitative estimate of drug-likeness (QED) is 0.814. The smallest absolute Gasteiger partial charge is 0.148 e. The van der Waals surface area contributed by atoms with E-state index in [9.17, 15) is 8.42 Å². The summed E-state index contributed by atoms with van der Waals surface area (Å²) in [6, 6.07) is 0.495. The number of nitrogens with one attached hydrogen (secondary N) is 1. The minimum atomic E-state index is -2.93. The molecule has 0 aromatic rings. The van der Waals surface area contributed by atoms with Gasteiger partial charge in [0.1, 0.15) is 9.84 Å². The highest BCUT2D eigenvalue weighted by Gasteiger charge is 2.40. The lowest BCUT2D eigenvalue weighted by molar-refractivity contribution is 0.0283. The molecule has 1 saturated heterocycles. The highest BCUT2D eigenvalue weighted by molar-refractivity contribution is 7.90. The van der Waals surface area contributed by atoms with Gasteiger partial charge in [0.2, 0.25) is 0 Å². The van der Waals surface area contributed by atoms with E-state index in [-0.39, 0.29) is 17.3 Å². The van der Waals surface area contributed by atoms with Crippen molar-refractivity contribution in [2.45, 2.75) is 65.1 Å². The Kier molecular flexibility index (Phi) is 6.05. The van der Waals surface area contributed by atoms with Crippen LogP contribution in [0.2, 0.25) is 0 Å². The van der Waals surface area contributed by atoms with E-state index in [4.69, 9.17) is 0 Å². The third-order valence-electron chi connectivity index (χ3n) is 4.83. The average molecular weight is 305 g/mol. The zero-order valence-corrected chi connectivity index (χ0v) is 14.8. The van der Waals surface area contributed by atoms with Crippen molar-refractivity contribution in [2.75, 3.05) is 25.1 Å². The van der Waals surface area contributed by atoms with Gasteiger partial charge in [-0.1, -0.05) is 27.7 Å². The van der Waals surface area contributed by atoms with Gasteiger partial charge in [0.25, 0.3) is 0 Å². The van der Waals surface area contributed by atoms with Crippen molar-refractivity contribution in [2.24, 2.45) is 5.92 Å². The summed E-state index contributed by atoms with van der Waals surface area (Å²) in [5.74, 6) is 0.774. The first-order valence-electron chi connectivity index (χ1n) is 7.82. The third kappa shape index (κ3) is 4.43. The number of hydrogen-bond acceptors (Lipinski definition) is 4. The van der Waals surface area contributed by atoms with Crippen molar-refractivity contribution in [3.8, 4) is 0 Å². The van der Waals surface area contributed by atoms with Crippen LogP contribution >= 0.6 is 0 Å². The number of nitrogens with zero attached hydrogens (tertiary/aromatic N) is 1. The van der Waals surface area contributed by atoms with Crippen molar-refractivity contribution < 1.29 is 8.42 Å². The normalized spacial score (nSPS) is 25.9. The molecule has 0 aromatic heterocycles. The van der Waals surface area contributed by atoms with Gasteiger partial charge in [-0.2, -0.15) is 0 Å². The predicted molar refractivity (Wildman–Crippen MR) is 85.8 cm³/mol. The van der Waals surface area contributed by atoms with Crippen LogP contribution in [0.25, 0.3) is 0 Å². The van der Waals surface area contributed by atoms with Crippen LogP contribution in [-0.2, 0) is 9.84 Å². The van der Waals surface area contributed by atoms with Crippen molar-refractivity contribution in [1.29, 1.82) is 0 Å². The van der Waals surface area contributed by atoms with Crippen molar-refractivity contribution in [3.63, 3.8) is 0 Å². The van der Waals surface area contributed by atoms with E-state index in [1.165, 1.54) is 6.26 Å². The minimum Gasteiger partial charge on any atom is -0.308 e. The van der Waals surface area contributed by atoms with Gasteiger partial charge in [-0.3, -0.25) is 4.90 Å². The van der Waals surface area contributed by atoms with E-state index in [1.807, 2.05) is 0 Å². The molecule has 1 fully saturated rings. The molecule has 1 N–H and O–H groups in total. The van der Waals surface area contributed by atoms with Crippen LogP contribution in [0, 0.1) is 5.92 Å². The molecule has 120 valence electrons. The molecular formula is C15H32N2O2S. The summed E-state index contributed by atoms with van der Waals surface area (Å²) in [5, 5.41) is 3.72. The summed E-state index contributed by atoms with van der Waals surface area (Å²) in [5.41, 5.74) is 0.136. The number of hydrogen-bond donors (Lipinski definition) is 1. The lowest BCUT2D eigenvalue weighted by Crippen LogP contribution is -2.67. The highest BCUT2D eigenvalue weighted by atomic mass is 32.2. The van der Waals surface area contributed by atoms with Gasteiger partial charge in [0.15, 0.2) is 0 Å². The molecule has 1 rings (SSSR count). The molecule has 0 aliphatic carbocycles. The summed E-state index contributed by atoms with van der Waals surface area (Å²) in [6.45, 7) is 12.8. The Morgan fingerprint density at radius 3 is 2.20 bits per heavy atom. The summed E-state index contributed by atoms with van der Waals surface area (Å²) in [6.07, 6.45) is 3.50. The van der Waals surface area contributed by atoms with Gasteiger partial charge in [0, 0.05) is 37.0 Å². The second-order valence-corrected chi connectivity index (χ2v) is 8.98. The van der Waals surface area contributed by atoms with Crippen LogP contribution in [0.4, 0.5) is 0 Å². The van der Waals surface area contributed by atoms with Crippen LogP contribution in [0.1, 0.15) is 47.5 Å². The molecule has 0 radical (unpaired) electrons. The lowest BCUT2D eigenvalue weighted by Gasteiger charge is -2.51. The fourth-order valence-electron chi connectivity index (χ4n) is 3.32. The molecule has 4 nitrogen and oxygen atoms in total. The Hall–Kier alpha value is -0.130. The number of rotatable bonds is 6. The van der Waals surface area contributed by atoms with Gasteiger partial charge in [-0.05, 0) is 25.7 Å². The molecule has 2 unspecified atom stereocenters. The van der Waals surface area contributed by atoms with E-state index >= 15 is 0 Å². The first-order valence-corrected chi connectivity index (χ1v) is 9.88. The van der Waals surface area contributed by atoms with E-state index < -0.39 is 9.84 Å². The molecule has 2 atom stereocenters. The van der Waals surface area contributed by atoms with Gasteiger partial charge >= 0.3 is 0 Å². The van der Waals surface area contributed by atoms with Crippen LogP contribution in [0.15, 0.2) is 0 Å². The van der Waals surface area contributed by atoms with Gasteiger partial charge in [-0.15, -0.1) is 0 Å². The van der Waals surface area contributed by atoms with Crippen molar-refractivity contribution in [1.82, 2.24) is 10.2 Å². The maximum atomic E-state index is 11.6. The van der Waals surface area contributed by atoms with Crippen molar-refractivity contribution in [3.05, 3.63) is 0 Å². The van der Waals surface area contributed by atoms with E-state index in [2.05, 4.69) is 44.8 Å². The molecule has 0 spiro atoms. The second-order valence-electron chi connectivity index (χ2n) is 6.79. The third-order valence-corrected chi connectivity index (χ3v) is 5.92. The molecule has 5 heteroatoms. The van der Waals surface area contributed by atoms with Gasteiger partial charge < -0.3 is 5.32 Å². The fourth-order valence-corrected chi connectivity index (χ4v) is 4.39. The highest BCUT2D eigenvalue weighted by Crippen LogP contribution is 2.27. The monoisotopic (exact) mass is 304 g/mol. The topological polar surface area (TPSA) is 49.4 Å². The molecule has 1 heterocycles. The Balaban J connectivity index is 2.94. The van der Waals surface area contributed by atoms with E-state index in [0.717, 1.165) is 25.9 Å². The average Bonchev–Trinajstić information content (AvgIpc) is 2.35. The standard InChI is InChI=1S/C15H32N2O2S/c1-7-15(8-2)11-17(13(5)10-20(6,18)19)14(9-16-15)12(3)4/h12-14,16H,7-11H2,1-6H3. The minimum absolute atomic E-state index is 0.0805. The summed E-state index contributed by atoms with van der Waals surface area (Å²) in [4.78, 5) is 2.43. The SMILES string of the molecule is CCC1(CC)CN(C(C)CS(C)(=O)=O)C(C(C)C)CN1. The maximum Gasteiger partial charge on any atom is 0.148 e. The molecule has 0 amide bonds. The Labute approximate surface area is 125 Å². The van der Waals surface area contributed by atoms with Gasteiger partial charge in [0.05, 0.1) is 5.75 Å². The first kappa shape index (κ1) is 17.9. The molecule has 0 bridgehead atoms. The second kappa shape index (κ2) is 6.75. The largest absolute Gasteiger partial charge is 0.308 e. The fraction of sp³-hybridized carbons (Fsp3) is 1.00. The maximum absolute atomic E-state index is 11.6. The van der Waals surface area contributed by atoms with E-state index in [1.54, 1.807) is 0 Å². The lowest BCUT2D eigenvalue weighted by atomic mass is 9.85. The summed E-state index contributed by atoms with van der Waals surface area (Å²) in [7, 11) is -2.93. The predicted octanol–water partition coefficient (Wildman–Crippen LogP) is 1.91.